The zero-order valence-corrected chi connectivity index (χ0v) is 6.74. The Balaban J connectivity index is 3.58. The highest BCUT2D eigenvalue weighted by Gasteiger charge is 2.21. The summed E-state index contributed by atoms with van der Waals surface area (Å²) in [4.78, 5) is 0. The Morgan fingerprint density at radius 3 is 1.78 bits per heavy atom. The van der Waals surface area contributed by atoms with E-state index in [0.29, 0.717) is 0 Å². The largest absolute Gasteiger partial charge is 0.367 e. The summed E-state index contributed by atoms with van der Waals surface area (Å²) < 4.78 is 0. The molecule has 0 rings (SSSR count). The lowest BCUT2D eigenvalue weighted by molar-refractivity contribution is -0.0412. The lowest BCUT2D eigenvalue weighted by Crippen LogP contribution is -2.29. The standard InChI is InChI=1S/C4H7Cl3O2/c5-1-2(6)3(7)4(8)9/h2-4,8-9H,1H2. The maximum Gasteiger partial charge on any atom is 0.169 e. The molecule has 0 aromatic carbocycles. The van der Waals surface area contributed by atoms with Crippen LogP contribution >= 0.6 is 34.8 Å². The van der Waals surface area contributed by atoms with E-state index in [2.05, 4.69) is 0 Å². The molecule has 2 N–H and O–H groups in total. The van der Waals surface area contributed by atoms with Crippen molar-refractivity contribution in [2.45, 2.75) is 17.0 Å². The van der Waals surface area contributed by atoms with Crippen molar-refractivity contribution in [1.82, 2.24) is 0 Å². The Bertz CT molecular complexity index is 78.2. The molecule has 0 spiro atoms. The predicted molar refractivity (Wildman–Crippen MR) is 38.2 cm³/mol. The van der Waals surface area contributed by atoms with Crippen LogP contribution in [0, 0.1) is 0 Å². The first-order valence-corrected chi connectivity index (χ1v) is 3.70. The molecule has 56 valence electrons. The Labute approximate surface area is 68.3 Å². The van der Waals surface area contributed by atoms with Gasteiger partial charge in [0.25, 0.3) is 0 Å². The van der Waals surface area contributed by atoms with Crippen LogP contribution in [-0.2, 0) is 0 Å². The number of aliphatic hydroxyl groups is 2. The summed E-state index contributed by atoms with van der Waals surface area (Å²) in [7, 11) is 0. The van der Waals surface area contributed by atoms with Crippen LogP contribution in [0.2, 0.25) is 0 Å². The first kappa shape index (κ1) is 9.79. The van der Waals surface area contributed by atoms with Crippen LogP contribution in [0.3, 0.4) is 0 Å². The fourth-order valence-corrected chi connectivity index (χ4v) is 0.774. The van der Waals surface area contributed by atoms with Crippen LogP contribution in [0.5, 0.6) is 0 Å². The molecule has 0 bridgehead atoms. The van der Waals surface area contributed by atoms with Gasteiger partial charge in [0.15, 0.2) is 6.29 Å². The van der Waals surface area contributed by atoms with Gasteiger partial charge in [-0.3, -0.25) is 0 Å². The summed E-state index contributed by atoms with van der Waals surface area (Å²) in [5.74, 6) is 0.105. The van der Waals surface area contributed by atoms with E-state index in [1.807, 2.05) is 0 Å². The second-order valence-electron chi connectivity index (χ2n) is 1.53. The molecule has 0 amide bonds. The Morgan fingerprint density at radius 1 is 1.22 bits per heavy atom. The van der Waals surface area contributed by atoms with Gasteiger partial charge in [-0.2, -0.15) is 0 Å². The molecule has 0 aliphatic carbocycles. The zero-order chi connectivity index (χ0) is 7.44. The van der Waals surface area contributed by atoms with Crippen molar-refractivity contribution in [2.24, 2.45) is 0 Å². The predicted octanol–water partition coefficient (Wildman–Crippen LogP) is 0.751. The van der Waals surface area contributed by atoms with Gasteiger partial charge in [0.2, 0.25) is 0 Å². The van der Waals surface area contributed by atoms with Crippen molar-refractivity contribution in [2.75, 3.05) is 5.88 Å². The van der Waals surface area contributed by atoms with E-state index in [1.165, 1.54) is 0 Å². The van der Waals surface area contributed by atoms with Gasteiger partial charge >= 0.3 is 0 Å². The third-order valence-electron chi connectivity index (χ3n) is 0.778. The summed E-state index contributed by atoms with van der Waals surface area (Å²) in [5, 5.41) is 15.3. The first-order chi connectivity index (χ1) is 4.09. The number of halogens is 3. The van der Waals surface area contributed by atoms with Gasteiger partial charge in [0.05, 0.1) is 5.38 Å². The van der Waals surface area contributed by atoms with Crippen molar-refractivity contribution in [3.8, 4) is 0 Å². The van der Waals surface area contributed by atoms with E-state index in [4.69, 9.17) is 45.0 Å². The molecule has 9 heavy (non-hydrogen) atoms. The second-order valence-corrected chi connectivity index (χ2v) is 2.90. The smallest absolute Gasteiger partial charge is 0.169 e. The molecule has 0 heterocycles. The molecule has 2 nitrogen and oxygen atoms in total. The zero-order valence-electron chi connectivity index (χ0n) is 4.47. The van der Waals surface area contributed by atoms with Crippen molar-refractivity contribution >= 4 is 34.8 Å². The normalized spacial score (nSPS) is 18.0. The molecule has 0 radical (unpaired) electrons. The van der Waals surface area contributed by atoms with E-state index < -0.39 is 17.0 Å². The quantitative estimate of drug-likeness (QED) is 0.513. The highest BCUT2D eigenvalue weighted by atomic mass is 35.5. The molecule has 0 aliphatic rings. The van der Waals surface area contributed by atoms with Crippen molar-refractivity contribution in [3.63, 3.8) is 0 Å². The van der Waals surface area contributed by atoms with Crippen LogP contribution in [-0.4, -0.2) is 33.1 Å². The highest BCUT2D eigenvalue weighted by molar-refractivity contribution is 6.33. The summed E-state index contributed by atoms with van der Waals surface area (Å²) in [5.41, 5.74) is 0. The highest BCUT2D eigenvalue weighted by Crippen LogP contribution is 2.13. The molecule has 0 saturated heterocycles. The molecule has 5 heteroatoms. The van der Waals surface area contributed by atoms with Crippen LogP contribution in [0.25, 0.3) is 0 Å². The maximum atomic E-state index is 8.40. The van der Waals surface area contributed by atoms with Gasteiger partial charge < -0.3 is 10.2 Å². The van der Waals surface area contributed by atoms with Gasteiger partial charge in [-0.25, -0.2) is 0 Å². The molecular weight excluding hydrogens is 186 g/mol. The lowest BCUT2D eigenvalue weighted by atomic mass is 10.3. The fourth-order valence-electron chi connectivity index (χ4n) is 0.272. The minimum Gasteiger partial charge on any atom is -0.367 e. The number of hydrogen-bond acceptors (Lipinski definition) is 2. The fraction of sp³-hybridized carbons (Fsp3) is 1.00. The Morgan fingerprint density at radius 2 is 1.67 bits per heavy atom. The minimum atomic E-state index is -1.60. The van der Waals surface area contributed by atoms with E-state index >= 15 is 0 Å². The SMILES string of the molecule is OC(O)C(Cl)C(Cl)CCl. The van der Waals surface area contributed by atoms with Crippen LogP contribution in [0.1, 0.15) is 0 Å². The van der Waals surface area contributed by atoms with E-state index in [1.54, 1.807) is 0 Å². The Kier molecular flexibility index (Phi) is 4.98. The summed E-state index contributed by atoms with van der Waals surface area (Å²) in [6.07, 6.45) is -1.60. The number of aliphatic hydroxyl groups excluding tert-OH is 1. The van der Waals surface area contributed by atoms with Crippen molar-refractivity contribution < 1.29 is 10.2 Å². The van der Waals surface area contributed by atoms with Gasteiger partial charge in [0, 0.05) is 5.88 Å². The van der Waals surface area contributed by atoms with E-state index in [9.17, 15) is 0 Å². The summed E-state index contributed by atoms with van der Waals surface area (Å²) in [6.45, 7) is 0. The second kappa shape index (κ2) is 4.58. The van der Waals surface area contributed by atoms with Crippen LogP contribution in [0.4, 0.5) is 0 Å². The third kappa shape index (κ3) is 3.48. The monoisotopic (exact) mass is 192 g/mol. The average Bonchev–Trinajstić information content (AvgIpc) is 1.84. The molecule has 0 aromatic heterocycles. The lowest BCUT2D eigenvalue weighted by Gasteiger charge is -2.14. The van der Waals surface area contributed by atoms with Gasteiger partial charge in [-0.05, 0) is 0 Å². The first-order valence-electron chi connectivity index (χ1n) is 2.30. The van der Waals surface area contributed by atoms with Crippen molar-refractivity contribution in [3.05, 3.63) is 0 Å². The number of alkyl halides is 3. The van der Waals surface area contributed by atoms with E-state index in [0.717, 1.165) is 0 Å². The summed E-state index contributed by atoms with van der Waals surface area (Å²) in [6, 6.07) is 0. The molecule has 0 fully saturated rings. The molecule has 2 unspecified atom stereocenters. The number of rotatable bonds is 3. The average molecular weight is 193 g/mol. The summed E-state index contributed by atoms with van der Waals surface area (Å²) >= 11 is 16.0. The van der Waals surface area contributed by atoms with E-state index in [-0.39, 0.29) is 5.88 Å². The number of hydrogen-bond donors (Lipinski definition) is 2. The van der Waals surface area contributed by atoms with Crippen LogP contribution in [0.15, 0.2) is 0 Å². The molecule has 0 saturated carbocycles. The maximum absolute atomic E-state index is 8.40. The molecular formula is C4H7Cl3O2. The van der Waals surface area contributed by atoms with Gasteiger partial charge in [-0.1, -0.05) is 0 Å². The van der Waals surface area contributed by atoms with Gasteiger partial charge in [0.1, 0.15) is 5.38 Å². The Hall–Kier alpha value is 0.790. The van der Waals surface area contributed by atoms with Gasteiger partial charge in [-0.15, -0.1) is 34.8 Å². The third-order valence-corrected chi connectivity index (χ3v) is 2.35. The topological polar surface area (TPSA) is 40.5 Å². The molecule has 2 atom stereocenters. The van der Waals surface area contributed by atoms with Crippen molar-refractivity contribution in [1.29, 1.82) is 0 Å². The molecule has 0 aliphatic heterocycles. The molecule has 0 aromatic rings. The van der Waals surface area contributed by atoms with Crippen LogP contribution < -0.4 is 0 Å². The minimum absolute atomic E-state index is 0.105.